The van der Waals surface area contributed by atoms with Crippen molar-refractivity contribution in [1.29, 1.82) is 0 Å². The minimum Gasteiger partial charge on any atom is -0.497 e. The topological polar surface area (TPSA) is 86.7 Å². The molecule has 2 aromatic rings. The van der Waals surface area contributed by atoms with Crippen LogP contribution in [0.3, 0.4) is 0 Å². The van der Waals surface area contributed by atoms with Crippen molar-refractivity contribution in [2.24, 2.45) is 5.92 Å². The van der Waals surface area contributed by atoms with Crippen molar-refractivity contribution >= 4 is 5.97 Å². The fourth-order valence-corrected chi connectivity index (χ4v) is 4.32. The summed E-state index contributed by atoms with van der Waals surface area (Å²) in [5.74, 6) is 1.82. The summed E-state index contributed by atoms with van der Waals surface area (Å²) in [6.45, 7) is 1.13. The van der Waals surface area contributed by atoms with Gasteiger partial charge in [-0.2, -0.15) is 0 Å². The first-order valence-corrected chi connectivity index (χ1v) is 10.5. The van der Waals surface area contributed by atoms with Gasteiger partial charge < -0.3 is 28.8 Å². The van der Waals surface area contributed by atoms with E-state index in [2.05, 4.69) is 4.90 Å². The smallest absolute Gasteiger partial charge is 0.307 e. The standard InChI is InChI=1S/C24H31NO7/c1-28-16-8-9-19(29-2)17(11-16)23(25-10-6-7-15(14-25)24(26)27)18-12-21(31-4)22(32-5)13-20(18)30-3/h8-9,11-13,15,23H,6-7,10,14H2,1-5H3,(H,26,27). The Bertz CT molecular complexity index is 946. The summed E-state index contributed by atoms with van der Waals surface area (Å²) in [6, 6.07) is 8.92. The van der Waals surface area contributed by atoms with Gasteiger partial charge in [0.05, 0.1) is 47.5 Å². The molecule has 1 heterocycles. The molecule has 0 aromatic heterocycles. The molecule has 0 spiro atoms. The van der Waals surface area contributed by atoms with Gasteiger partial charge in [0, 0.05) is 23.7 Å². The van der Waals surface area contributed by atoms with E-state index in [9.17, 15) is 9.90 Å². The van der Waals surface area contributed by atoms with Crippen molar-refractivity contribution in [1.82, 2.24) is 4.90 Å². The van der Waals surface area contributed by atoms with Crippen molar-refractivity contribution in [2.45, 2.75) is 18.9 Å². The predicted molar refractivity (Wildman–Crippen MR) is 119 cm³/mol. The van der Waals surface area contributed by atoms with Crippen LogP contribution in [0.1, 0.15) is 30.0 Å². The van der Waals surface area contributed by atoms with Crippen LogP contribution in [-0.4, -0.2) is 64.6 Å². The second kappa shape index (κ2) is 10.5. The quantitative estimate of drug-likeness (QED) is 0.626. The highest BCUT2D eigenvalue weighted by atomic mass is 16.5. The van der Waals surface area contributed by atoms with E-state index in [0.29, 0.717) is 41.7 Å². The van der Waals surface area contributed by atoms with Crippen LogP contribution in [-0.2, 0) is 4.79 Å². The molecule has 2 aromatic carbocycles. The minimum atomic E-state index is -0.787. The van der Waals surface area contributed by atoms with E-state index in [0.717, 1.165) is 24.1 Å². The summed E-state index contributed by atoms with van der Waals surface area (Å²) in [5, 5.41) is 9.68. The van der Waals surface area contributed by atoms with E-state index >= 15 is 0 Å². The lowest BCUT2D eigenvalue weighted by molar-refractivity contribution is -0.143. The molecule has 0 saturated carbocycles. The molecular weight excluding hydrogens is 414 g/mol. The van der Waals surface area contributed by atoms with Gasteiger partial charge in [-0.1, -0.05) is 0 Å². The van der Waals surface area contributed by atoms with Gasteiger partial charge >= 0.3 is 5.97 Å². The molecule has 8 heteroatoms. The second-order valence-electron chi connectivity index (χ2n) is 7.63. The Morgan fingerprint density at radius 1 is 0.875 bits per heavy atom. The van der Waals surface area contributed by atoms with Crippen LogP contribution in [0.5, 0.6) is 28.7 Å². The monoisotopic (exact) mass is 445 g/mol. The molecule has 0 aliphatic carbocycles. The second-order valence-corrected chi connectivity index (χ2v) is 7.63. The Hall–Kier alpha value is -3.13. The first kappa shape index (κ1) is 23.5. The number of carboxylic acids is 1. The fourth-order valence-electron chi connectivity index (χ4n) is 4.32. The van der Waals surface area contributed by atoms with E-state index in [1.54, 1.807) is 41.6 Å². The molecule has 0 bridgehead atoms. The molecule has 0 amide bonds. The summed E-state index contributed by atoms with van der Waals surface area (Å²) in [4.78, 5) is 13.9. The van der Waals surface area contributed by atoms with Gasteiger partial charge in [0.25, 0.3) is 0 Å². The van der Waals surface area contributed by atoms with E-state index in [4.69, 9.17) is 23.7 Å². The third-order valence-electron chi connectivity index (χ3n) is 5.93. The Kier molecular flexibility index (Phi) is 7.69. The maximum atomic E-state index is 11.8. The summed E-state index contributed by atoms with van der Waals surface area (Å²) < 4.78 is 27.9. The first-order chi connectivity index (χ1) is 15.5. The minimum absolute atomic E-state index is 0.350. The Labute approximate surface area is 188 Å². The molecule has 1 fully saturated rings. The number of likely N-dealkylation sites (tertiary alicyclic amines) is 1. The lowest BCUT2D eigenvalue weighted by Crippen LogP contribution is -2.41. The number of methoxy groups -OCH3 is 5. The number of carbonyl (C=O) groups is 1. The Morgan fingerprint density at radius 2 is 1.50 bits per heavy atom. The maximum Gasteiger partial charge on any atom is 0.307 e. The van der Waals surface area contributed by atoms with Gasteiger partial charge in [0.1, 0.15) is 17.2 Å². The molecule has 32 heavy (non-hydrogen) atoms. The number of piperidine rings is 1. The lowest BCUT2D eigenvalue weighted by Gasteiger charge is -2.38. The molecule has 8 nitrogen and oxygen atoms in total. The number of benzene rings is 2. The summed E-state index contributed by atoms with van der Waals surface area (Å²) in [7, 11) is 7.97. The first-order valence-electron chi connectivity index (χ1n) is 10.5. The zero-order valence-corrected chi connectivity index (χ0v) is 19.2. The number of ether oxygens (including phenoxy) is 5. The predicted octanol–water partition coefficient (Wildman–Crippen LogP) is 3.62. The number of carboxylic acid groups (broad SMARTS) is 1. The maximum absolute atomic E-state index is 11.8. The third kappa shape index (κ3) is 4.70. The van der Waals surface area contributed by atoms with Crippen molar-refractivity contribution in [3.05, 3.63) is 41.5 Å². The average Bonchev–Trinajstić information content (AvgIpc) is 2.83. The molecule has 3 rings (SSSR count). The van der Waals surface area contributed by atoms with E-state index in [1.165, 1.54) is 0 Å². The van der Waals surface area contributed by atoms with Crippen LogP contribution in [0.4, 0.5) is 0 Å². The number of hydrogen-bond donors (Lipinski definition) is 1. The van der Waals surface area contributed by atoms with Crippen LogP contribution < -0.4 is 23.7 Å². The molecule has 2 unspecified atom stereocenters. The molecule has 174 valence electrons. The van der Waals surface area contributed by atoms with Gasteiger partial charge in [-0.3, -0.25) is 9.69 Å². The van der Waals surface area contributed by atoms with Crippen molar-refractivity contribution in [2.75, 3.05) is 48.6 Å². The summed E-state index contributed by atoms with van der Waals surface area (Å²) in [6.07, 6.45) is 1.42. The van der Waals surface area contributed by atoms with Crippen molar-refractivity contribution in [3.63, 3.8) is 0 Å². The van der Waals surface area contributed by atoms with Gasteiger partial charge in [0.15, 0.2) is 11.5 Å². The highest BCUT2D eigenvalue weighted by molar-refractivity contribution is 5.70. The van der Waals surface area contributed by atoms with Gasteiger partial charge in [-0.15, -0.1) is 0 Å². The van der Waals surface area contributed by atoms with Crippen LogP contribution in [0.15, 0.2) is 30.3 Å². The van der Waals surface area contributed by atoms with Crippen LogP contribution >= 0.6 is 0 Å². The third-order valence-corrected chi connectivity index (χ3v) is 5.93. The van der Waals surface area contributed by atoms with E-state index in [1.807, 2.05) is 24.3 Å². The number of hydrogen-bond acceptors (Lipinski definition) is 7. The Morgan fingerprint density at radius 3 is 2.09 bits per heavy atom. The van der Waals surface area contributed by atoms with Crippen LogP contribution in [0.2, 0.25) is 0 Å². The van der Waals surface area contributed by atoms with Crippen molar-refractivity contribution in [3.8, 4) is 28.7 Å². The fraction of sp³-hybridized carbons (Fsp3) is 0.458. The highest BCUT2D eigenvalue weighted by Gasteiger charge is 2.35. The van der Waals surface area contributed by atoms with Gasteiger partial charge in [-0.25, -0.2) is 0 Å². The SMILES string of the molecule is COc1ccc(OC)c(C(c2cc(OC)c(OC)cc2OC)N2CCCC(C(=O)O)C2)c1. The van der Waals surface area contributed by atoms with Crippen molar-refractivity contribution < 1.29 is 33.6 Å². The Balaban J connectivity index is 2.24. The van der Waals surface area contributed by atoms with Crippen LogP contribution in [0.25, 0.3) is 0 Å². The normalized spacial score (nSPS) is 17.3. The van der Waals surface area contributed by atoms with Gasteiger partial charge in [0.2, 0.25) is 0 Å². The van der Waals surface area contributed by atoms with E-state index < -0.39 is 11.9 Å². The molecule has 1 N–H and O–H groups in total. The van der Waals surface area contributed by atoms with E-state index in [-0.39, 0.29) is 6.04 Å². The largest absolute Gasteiger partial charge is 0.497 e. The number of nitrogens with zero attached hydrogens (tertiary/aromatic N) is 1. The molecule has 2 atom stereocenters. The average molecular weight is 446 g/mol. The molecule has 1 aliphatic rings. The zero-order valence-electron chi connectivity index (χ0n) is 19.2. The molecule has 1 aliphatic heterocycles. The lowest BCUT2D eigenvalue weighted by atomic mass is 9.90. The summed E-state index contributed by atoms with van der Waals surface area (Å²) in [5.41, 5.74) is 1.67. The van der Waals surface area contributed by atoms with Crippen LogP contribution in [0, 0.1) is 5.92 Å². The molecule has 1 saturated heterocycles. The number of rotatable bonds is 9. The molecular formula is C24H31NO7. The zero-order chi connectivity index (χ0) is 23.3. The number of aliphatic carboxylic acids is 1. The van der Waals surface area contributed by atoms with Gasteiger partial charge in [-0.05, 0) is 43.7 Å². The molecule has 0 radical (unpaired) electrons. The summed E-state index contributed by atoms with van der Waals surface area (Å²) >= 11 is 0. The highest BCUT2D eigenvalue weighted by Crippen LogP contribution is 2.45.